The molecule has 210 valence electrons. The fraction of sp³-hybridized carbons (Fsp3) is 0.303. The summed E-state index contributed by atoms with van der Waals surface area (Å²) in [7, 11) is -0.103. The second-order valence-corrected chi connectivity index (χ2v) is 13.0. The molecule has 4 aromatic rings. The second-order valence-electron chi connectivity index (χ2n) is 11.3. The number of sulfonamides is 1. The van der Waals surface area contributed by atoms with Gasteiger partial charge in [0.05, 0.1) is 11.3 Å². The molecule has 0 heterocycles. The van der Waals surface area contributed by atoms with Gasteiger partial charge in [-0.25, -0.2) is 13.1 Å². The maximum Gasteiger partial charge on any atom is 0.264 e. The van der Waals surface area contributed by atoms with E-state index in [1.807, 2.05) is 37.2 Å². The molecule has 40 heavy (non-hydrogen) atoms. The molecular weight excluding hydrogens is 520 g/mol. The van der Waals surface area contributed by atoms with Crippen LogP contribution in [-0.4, -0.2) is 38.4 Å². The van der Waals surface area contributed by atoms with Gasteiger partial charge in [0.25, 0.3) is 10.0 Å². The van der Waals surface area contributed by atoms with E-state index < -0.39 is 15.9 Å². The number of rotatable bonds is 9. The van der Waals surface area contributed by atoms with Crippen LogP contribution in [0.2, 0.25) is 0 Å². The quantitative estimate of drug-likeness (QED) is 0.243. The van der Waals surface area contributed by atoms with Crippen molar-refractivity contribution >= 4 is 26.7 Å². The molecular formula is C33H38N2O4S. The van der Waals surface area contributed by atoms with Crippen molar-refractivity contribution in [2.45, 2.75) is 57.4 Å². The fourth-order valence-electron chi connectivity index (χ4n) is 5.08. The van der Waals surface area contributed by atoms with Crippen molar-refractivity contribution in [1.29, 1.82) is 0 Å². The lowest BCUT2D eigenvalue weighted by Gasteiger charge is -2.22. The summed E-state index contributed by atoms with van der Waals surface area (Å²) in [6.07, 6.45) is -0.0315. The summed E-state index contributed by atoms with van der Waals surface area (Å²) >= 11 is 0. The molecule has 0 saturated carbocycles. The lowest BCUT2D eigenvalue weighted by molar-refractivity contribution is -0.118. The van der Waals surface area contributed by atoms with Crippen LogP contribution in [0.1, 0.15) is 61.8 Å². The summed E-state index contributed by atoms with van der Waals surface area (Å²) in [6, 6.07) is 22.3. The van der Waals surface area contributed by atoms with Crippen molar-refractivity contribution in [3.63, 3.8) is 0 Å². The van der Waals surface area contributed by atoms with E-state index in [2.05, 4.69) is 50.6 Å². The summed E-state index contributed by atoms with van der Waals surface area (Å²) in [5, 5.41) is 11.8. The number of aromatic hydroxyl groups is 1. The molecule has 4 aromatic carbocycles. The Labute approximate surface area is 237 Å². The average molecular weight is 559 g/mol. The Morgan fingerprint density at radius 1 is 0.800 bits per heavy atom. The van der Waals surface area contributed by atoms with Crippen LogP contribution in [0.5, 0.6) is 5.75 Å². The first-order chi connectivity index (χ1) is 18.8. The number of hydrogen-bond donors (Lipinski definition) is 2. The lowest BCUT2D eigenvalue weighted by Crippen LogP contribution is -2.32. The van der Waals surface area contributed by atoms with Gasteiger partial charge in [-0.3, -0.25) is 4.79 Å². The number of hydrogen-bond acceptors (Lipinski definition) is 5. The highest BCUT2D eigenvalue weighted by Crippen LogP contribution is 2.35. The number of carbonyl (C=O) groups excluding carboxylic acids is 1. The number of fused-ring (bicyclic) bond motifs is 1. The Morgan fingerprint density at radius 2 is 1.38 bits per heavy atom. The molecule has 0 spiro atoms. The van der Waals surface area contributed by atoms with Crippen molar-refractivity contribution in [1.82, 2.24) is 9.62 Å². The van der Waals surface area contributed by atoms with Crippen LogP contribution in [0, 0.1) is 0 Å². The van der Waals surface area contributed by atoms with Crippen molar-refractivity contribution in [3.8, 4) is 16.9 Å². The maximum atomic E-state index is 13.2. The minimum atomic E-state index is -4.00. The van der Waals surface area contributed by atoms with Gasteiger partial charge in [-0.1, -0.05) is 70.2 Å². The zero-order valence-electron chi connectivity index (χ0n) is 24.0. The smallest absolute Gasteiger partial charge is 0.264 e. The SMILES string of the molecule is CC(C)c1cc(-c2ccc3cc(O)ccc3c2)cc(C(C)C)c1CC(=O)NS(=O)(=O)c1ccc(CN(C)C)cc1. The van der Waals surface area contributed by atoms with Crippen LogP contribution < -0.4 is 4.72 Å². The van der Waals surface area contributed by atoms with Crippen molar-refractivity contribution < 1.29 is 18.3 Å². The zero-order valence-corrected chi connectivity index (χ0v) is 24.8. The predicted molar refractivity (Wildman–Crippen MR) is 162 cm³/mol. The molecule has 4 rings (SSSR count). The van der Waals surface area contributed by atoms with E-state index in [1.165, 1.54) is 12.1 Å². The van der Waals surface area contributed by atoms with Crippen LogP contribution in [0.25, 0.3) is 21.9 Å². The van der Waals surface area contributed by atoms with E-state index in [0.29, 0.717) is 6.54 Å². The third kappa shape index (κ3) is 6.72. The van der Waals surface area contributed by atoms with Gasteiger partial charge in [-0.15, -0.1) is 0 Å². The van der Waals surface area contributed by atoms with E-state index in [4.69, 9.17) is 0 Å². The maximum absolute atomic E-state index is 13.2. The van der Waals surface area contributed by atoms with E-state index >= 15 is 0 Å². The van der Waals surface area contributed by atoms with Gasteiger partial charge in [0, 0.05) is 6.54 Å². The molecule has 0 saturated heterocycles. The monoisotopic (exact) mass is 558 g/mol. The third-order valence-corrected chi connectivity index (χ3v) is 8.43. The van der Waals surface area contributed by atoms with Crippen LogP contribution in [0.15, 0.2) is 77.7 Å². The van der Waals surface area contributed by atoms with E-state index in [-0.39, 0.29) is 28.9 Å². The zero-order chi connectivity index (χ0) is 29.2. The topological polar surface area (TPSA) is 86.7 Å². The number of nitrogens with zero attached hydrogens (tertiary/aromatic N) is 1. The molecule has 0 radical (unpaired) electrons. The highest BCUT2D eigenvalue weighted by molar-refractivity contribution is 7.90. The number of amides is 1. The Balaban J connectivity index is 1.65. The first-order valence-corrected chi connectivity index (χ1v) is 15.0. The molecule has 0 aromatic heterocycles. The Hall–Kier alpha value is -3.68. The van der Waals surface area contributed by atoms with Gasteiger partial charge in [0.15, 0.2) is 0 Å². The standard InChI is InChI=1S/C33H38N2O4S/c1-21(2)30-17-27(25-9-10-26-16-28(36)12-11-24(26)15-25)18-31(22(3)4)32(30)19-33(37)34-40(38,39)29-13-7-23(8-14-29)20-35(5)6/h7-18,21-22,36H,19-20H2,1-6H3,(H,34,37). The van der Waals surface area contributed by atoms with Crippen molar-refractivity contribution in [2.75, 3.05) is 14.1 Å². The van der Waals surface area contributed by atoms with Gasteiger partial charge < -0.3 is 10.0 Å². The van der Waals surface area contributed by atoms with E-state index in [9.17, 15) is 18.3 Å². The minimum Gasteiger partial charge on any atom is -0.508 e. The van der Waals surface area contributed by atoms with E-state index in [1.54, 1.807) is 24.3 Å². The summed E-state index contributed by atoms with van der Waals surface area (Å²) in [6.45, 7) is 9.03. The molecule has 6 nitrogen and oxygen atoms in total. The molecule has 0 fully saturated rings. The van der Waals surface area contributed by atoms with Crippen LogP contribution >= 0.6 is 0 Å². The second kappa shape index (κ2) is 11.8. The van der Waals surface area contributed by atoms with Gasteiger partial charge in [0.1, 0.15) is 5.75 Å². The Bertz CT molecular complexity index is 1610. The molecule has 0 aliphatic rings. The Morgan fingerprint density at radius 3 is 1.95 bits per heavy atom. The molecule has 0 atom stereocenters. The molecule has 0 unspecified atom stereocenters. The van der Waals surface area contributed by atoms with Crippen LogP contribution in [-0.2, 0) is 27.8 Å². The highest BCUT2D eigenvalue weighted by Gasteiger charge is 2.23. The van der Waals surface area contributed by atoms with Crippen molar-refractivity contribution in [3.05, 3.63) is 95.1 Å². The predicted octanol–water partition coefficient (Wildman–Crippen LogP) is 6.57. The van der Waals surface area contributed by atoms with Crippen molar-refractivity contribution in [2.24, 2.45) is 0 Å². The lowest BCUT2D eigenvalue weighted by atomic mass is 9.83. The molecule has 0 aliphatic heterocycles. The number of phenolic OH excluding ortho intramolecular Hbond substituents is 1. The third-order valence-electron chi connectivity index (χ3n) is 7.04. The first kappa shape index (κ1) is 29.3. The van der Waals surface area contributed by atoms with Gasteiger partial charge in [-0.05, 0) is 100 Å². The number of benzene rings is 4. The summed E-state index contributed by atoms with van der Waals surface area (Å²) in [5.41, 5.74) is 5.98. The average Bonchev–Trinajstić information content (AvgIpc) is 2.87. The Kier molecular flexibility index (Phi) is 8.66. The normalized spacial score (nSPS) is 12.0. The molecule has 7 heteroatoms. The van der Waals surface area contributed by atoms with E-state index in [0.717, 1.165) is 44.2 Å². The summed E-state index contributed by atoms with van der Waals surface area (Å²) in [4.78, 5) is 15.2. The summed E-state index contributed by atoms with van der Waals surface area (Å²) in [5.74, 6) is -0.0770. The van der Waals surface area contributed by atoms with Crippen LogP contribution in [0.3, 0.4) is 0 Å². The summed E-state index contributed by atoms with van der Waals surface area (Å²) < 4.78 is 28.3. The fourth-order valence-corrected chi connectivity index (χ4v) is 6.06. The number of nitrogens with one attached hydrogen (secondary N) is 1. The number of phenols is 1. The molecule has 2 N–H and O–H groups in total. The van der Waals surface area contributed by atoms with Crippen LogP contribution in [0.4, 0.5) is 0 Å². The van der Waals surface area contributed by atoms with Gasteiger partial charge >= 0.3 is 0 Å². The molecule has 0 bridgehead atoms. The minimum absolute atomic E-state index is 0.0315. The van der Waals surface area contributed by atoms with Gasteiger partial charge in [-0.2, -0.15) is 0 Å². The highest BCUT2D eigenvalue weighted by atomic mass is 32.2. The molecule has 1 amide bonds. The van der Waals surface area contributed by atoms with Gasteiger partial charge in [0.2, 0.25) is 5.91 Å². The first-order valence-electron chi connectivity index (χ1n) is 13.5. The number of carbonyl (C=O) groups is 1. The largest absolute Gasteiger partial charge is 0.508 e. The molecule has 0 aliphatic carbocycles.